The van der Waals surface area contributed by atoms with E-state index in [4.69, 9.17) is 0 Å². The number of nitrogens with zero attached hydrogens (tertiary/aromatic N) is 1. The summed E-state index contributed by atoms with van der Waals surface area (Å²) >= 11 is 0. The number of anilines is 3. The van der Waals surface area contributed by atoms with Crippen molar-refractivity contribution in [1.82, 2.24) is 0 Å². The van der Waals surface area contributed by atoms with E-state index in [9.17, 15) is 0 Å². The monoisotopic (exact) mass is 862 g/mol. The molecule has 66 heavy (non-hydrogen) atoms. The van der Waals surface area contributed by atoms with Gasteiger partial charge in [0, 0.05) is 16.9 Å². The smallest absolute Gasteiger partial charge is 0.0726 e. The summed E-state index contributed by atoms with van der Waals surface area (Å²) in [5.41, 5.74) is 29.1. The van der Waals surface area contributed by atoms with Crippen LogP contribution >= 0.6 is 0 Å². The van der Waals surface area contributed by atoms with Crippen molar-refractivity contribution >= 4 is 17.1 Å². The van der Waals surface area contributed by atoms with Crippen molar-refractivity contribution in [3.63, 3.8) is 0 Å². The zero-order chi connectivity index (χ0) is 45.7. The van der Waals surface area contributed by atoms with Gasteiger partial charge in [0.15, 0.2) is 0 Å². The molecule has 0 atom stereocenters. The molecule has 0 aromatic heterocycles. The fraction of sp³-hybridized carbons (Fsp3) is 0.354. The molecule has 1 nitrogen and oxygen atoms in total. The topological polar surface area (TPSA) is 3.24 Å². The summed E-state index contributed by atoms with van der Waals surface area (Å²) in [7, 11) is 0. The van der Waals surface area contributed by atoms with Gasteiger partial charge in [0.1, 0.15) is 0 Å². The number of aryl methyl sites for hydroxylation is 4. The average Bonchev–Trinajstić information content (AvgIpc) is 3.77. The van der Waals surface area contributed by atoms with Gasteiger partial charge in [-0.2, -0.15) is 0 Å². The van der Waals surface area contributed by atoms with Gasteiger partial charge in [-0.15, -0.1) is 0 Å². The first-order chi connectivity index (χ1) is 31.5. The summed E-state index contributed by atoms with van der Waals surface area (Å²) in [6.07, 6.45) is 9.61. The Morgan fingerprint density at radius 1 is 0.348 bits per heavy atom. The summed E-state index contributed by atoms with van der Waals surface area (Å²) in [4.78, 5) is 2.76. The minimum atomic E-state index is -0.457. The predicted molar refractivity (Wildman–Crippen MR) is 280 cm³/mol. The second-order valence-electron chi connectivity index (χ2n) is 23.7. The number of benzene rings is 7. The maximum absolute atomic E-state index is 2.76. The lowest BCUT2D eigenvalue weighted by atomic mass is 9.62. The minimum absolute atomic E-state index is 0.0537. The molecule has 5 aliphatic rings. The van der Waals surface area contributed by atoms with Crippen molar-refractivity contribution in [2.75, 3.05) is 4.90 Å². The van der Waals surface area contributed by atoms with E-state index >= 15 is 0 Å². The first kappa shape index (κ1) is 41.7. The zero-order valence-corrected chi connectivity index (χ0v) is 41.2. The van der Waals surface area contributed by atoms with E-state index in [0.717, 1.165) is 6.42 Å². The third kappa shape index (κ3) is 5.83. The lowest BCUT2D eigenvalue weighted by Crippen LogP contribution is -2.35. The summed E-state index contributed by atoms with van der Waals surface area (Å²) in [6, 6.07) is 51.2. The predicted octanol–water partition coefficient (Wildman–Crippen LogP) is 17.4. The third-order valence-electron chi connectivity index (χ3n) is 17.8. The van der Waals surface area contributed by atoms with Crippen molar-refractivity contribution in [2.24, 2.45) is 0 Å². The van der Waals surface area contributed by atoms with Crippen LogP contribution in [0.3, 0.4) is 0 Å². The van der Waals surface area contributed by atoms with E-state index < -0.39 is 5.41 Å². The highest BCUT2D eigenvalue weighted by atomic mass is 15.2. The lowest BCUT2D eigenvalue weighted by Gasteiger charge is -2.44. The van der Waals surface area contributed by atoms with Crippen molar-refractivity contribution in [3.8, 4) is 33.4 Å². The van der Waals surface area contributed by atoms with E-state index in [-0.39, 0.29) is 21.7 Å². The highest BCUT2D eigenvalue weighted by molar-refractivity contribution is 6.00. The van der Waals surface area contributed by atoms with E-state index in [0.29, 0.717) is 0 Å². The molecule has 0 saturated heterocycles. The molecule has 7 aromatic carbocycles. The van der Waals surface area contributed by atoms with E-state index in [1.165, 1.54) is 162 Å². The maximum atomic E-state index is 2.76. The Balaban J connectivity index is 1.24. The van der Waals surface area contributed by atoms with Crippen LogP contribution in [-0.4, -0.2) is 0 Å². The summed E-state index contributed by atoms with van der Waals surface area (Å²) in [6.45, 7) is 24.6. The van der Waals surface area contributed by atoms with Crippen molar-refractivity contribution in [2.45, 2.75) is 148 Å². The molecule has 0 saturated carbocycles. The highest BCUT2D eigenvalue weighted by Crippen LogP contribution is 2.65. The van der Waals surface area contributed by atoms with Gasteiger partial charge >= 0.3 is 0 Å². The van der Waals surface area contributed by atoms with E-state index in [1.807, 2.05) is 0 Å². The summed E-state index contributed by atoms with van der Waals surface area (Å²) in [5, 5.41) is 0. The molecule has 0 radical (unpaired) electrons. The lowest BCUT2D eigenvalue weighted by molar-refractivity contribution is 0.331. The molecule has 0 heterocycles. The number of fused-ring (bicyclic) bond motifs is 13. The van der Waals surface area contributed by atoms with Crippen molar-refractivity contribution in [1.29, 1.82) is 0 Å². The molecule has 1 spiro atoms. The molecule has 0 bridgehead atoms. The van der Waals surface area contributed by atoms with Crippen LogP contribution in [0.2, 0.25) is 0 Å². The largest absolute Gasteiger partial charge is 0.309 e. The zero-order valence-electron chi connectivity index (χ0n) is 41.2. The van der Waals surface area contributed by atoms with Crippen LogP contribution in [0.1, 0.15) is 161 Å². The van der Waals surface area contributed by atoms with Gasteiger partial charge < -0.3 is 4.90 Å². The Kier molecular flexibility index (Phi) is 8.97. The molecule has 0 unspecified atom stereocenters. The second kappa shape index (κ2) is 14.2. The highest BCUT2D eigenvalue weighted by Gasteiger charge is 2.52. The SMILES string of the molecule is Cc1cc2c(cc1N(c1cc3c(cc1C)C(C)(C)CCC3(C)C)c1cc3c(cc1-c1ccc4c(c1)CCCC4)-c1ccccc1C31c3ccccc3-c3ccccc31)C(C)(C)CCC2(C)C. The fourth-order valence-corrected chi connectivity index (χ4v) is 13.7. The molecule has 12 rings (SSSR count). The van der Waals surface area contributed by atoms with Crippen LogP contribution in [0.15, 0.2) is 127 Å². The van der Waals surface area contributed by atoms with Gasteiger partial charge in [-0.3, -0.25) is 0 Å². The fourth-order valence-electron chi connectivity index (χ4n) is 13.7. The van der Waals surface area contributed by atoms with Gasteiger partial charge in [0.05, 0.1) is 11.1 Å². The Hall–Kier alpha value is -5.66. The van der Waals surface area contributed by atoms with E-state index in [2.05, 4.69) is 202 Å². The molecule has 0 N–H and O–H groups in total. The van der Waals surface area contributed by atoms with E-state index in [1.54, 1.807) is 0 Å². The Labute approximate surface area is 395 Å². The van der Waals surface area contributed by atoms with Crippen LogP contribution in [-0.2, 0) is 39.9 Å². The first-order valence-corrected chi connectivity index (χ1v) is 25.2. The second-order valence-corrected chi connectivity index (χ2v) is 23.7. The molecule has 0 aliphatic heterocycles. The van der Waals surface area contributed by atoms with Gasteiger partial charge in [0.25, 0.3) is 0 Å². The van der Waals surface area contributed by atoms with Crippen LogP contribution in [0.4, 0.5) is 17.1 Å². The number of hydrogen-bond acceptors (Lipinski definition) is 1. The van der Waals surface area contributed by atoms with Crippen LogP contribution in [0.25, 0.3) is 33.4 Å². The standard InChI is InChI=1S/C65H67N/c1-40-33-54-56(63(7,8)31-29-61(54,3)4)38-58(40)66(59-39-57-55(34-41(59)2)62(5,6)30-32-64(57,9)10)60-37-53-49(36-48(60)44-28-27-42-19-11-12-20-43(42)35-44)47-23-15-18-26-52(47)65(53)50-24-16-13-21-45(50)46-22-14-17-25-51(46)65/h13-18,21-28,33-39H,11-12,19-20,29-32H2,1-10H3. The quantitative estimate of drug-likeness (QED) is 0.170. The number of hydrogen-bond donors (Lipinski definition) is 0. The van der Waals surface area contributed by atoms with Crippen LogP contribution in [0, 0.1) is 13.8 Å². The normalized spacial score (nSPS) is 19.2. The van der Waals surface area contributed by atoms with Gasteiger partial charge in [-0.05, 0) is 206 Å². The van der Waals surface area contributed by atoms with Crippen LogP contribution in [0.5, 0.6) is 0 Å². The molecular formula is C65H67N. The Morgan fingerprint density at radius 3 is 1.24 bits per heavy atom. The molecule has 5 aliphatic carbocycles. The Morgan fingerprint density at radius 2 is 0.758 bits per heavy atom. The molecular weight excluding hydrogens is 795 g/mol. The molecule has 0 amide bonds. The van der Waals surface area contributed by atoms with Crippen LogP contribution < -0.4 is 4.90 Å². The van der Waals surface area contributed by atoms with Crippen molar-refractivity contribution < 1.29 is 0 Å². The molecule has 7 aromatic rings. The third-order valence-corrected chi connectivity index (χ3v) is 17.8. The molecule has 0 fully saturated rings. The van der Waals surface area contributed by atoms with Gasteiger partial charge in [0.2, 0.25) is 0 Å². The Bertz CT molecular complexity index is 3050. The maximum Gasteiger partial charge on any atom is 0.0726 e. The summed E-state index contributed by atoms with van der Waals surface area (Å²) < 4.78 is 0. The van der Waals surface area contributed by atoms with Gasteiger partial charge in [-0.1, -0.05) is 159 Å². The number of rotatable bonds is 4. The summed E-state index contributed by atoms with van der Waals surface area (Å²) in [5.74, 6) is 0. The minimum Gasteiger partial charge on any atom is -0.309 e. The molecule has 1 heteroatoms. The van der Waals surface area contributed by atoms with Crippen molar-refractivity contribution in [3.05, 3.63) is 194 Å². The first-order valence-electron chi connectivity index (χ1n) is 25.2. The van der Waals surface area contributed by atoms with Gasteiger partial charge in [-0.25, -0.2) is 0 Å². The molecule has 332 valence electrons. The average molecular weight is 862 g/mol.